The fourth-order valence-corrected chi connectivity index (χ4v) is 5.75. The molecule has 11 heteroatoms. The van der Waals surface area contributed by atoms with E-state index >= 15 is 0 Å². The normalized spacial score (nSPS) is 14.2. The molecule has 0 aromatic heterocycles. The van der Waals surface area contributed by atoms with Crippen molar-refractivity contribution in [3.63, 3.8) is 0 Å². The molecule has 1 heterocycles. The van der Waals surface area contributed by atoms with Gasteiger partial charge >= 0.3 is 5.97 Å². The van der Waals surface area contributed by atoms with Crippen LogP contribution in [0.25, 0.3) is 6.08 Å². The van der Waals surface area contributed by atoms with Gasteiger partial charge in [-0.05, 0) is 115 Å². The number of ether oxygens (including phenoxy) is 2. The third kappa shape index (κ3) is 5.88. The van der Waals surface area contributed by atoms with Gasteiger partial charge in [-0.2, -0.15) is 0 Å². The number of benzene rings is 3. The van der Waals surface area contributed by atoms with Gasteiger partial charge in [0.15, 0.2) is 5.70 Å². The molecule has 0 bridgehead atoms. The van der Waals surface area contributed by atoms with Crippen LogP contribution in [0.2, 0.25) is 5.02 Å². The standard InChI is InChI=1S/C23H12ClI3N2O5/c24-17-10-15(29(31)32)5-6-16(17)22-28-20(23(30)34-22)9-13-7-18(26)21(19(27)8-13)33-11-12-1-3-14(25)4-2-12/h1-10H,11H2/b20-9-. The molecule has 34 heavy (non-hydrogen) atoms. The Hall–Kier alpha value is -1.78. The number of esters is 1. The summed E-state index contributed by atoms with van der Waals surface area (Å²) in [6, 6.07) is 15.8. The highest BCUT2D eigenvalue weighted by Gasteiger charge is 2.26. The van der Waals surface area contributed by atoms with Gasteiger partial charge in [-0.25, -0.2) is 9.79 Å². The molecule has 0 saturated carbocycles. The van der Waals surface area contributed by atoms with Gasteiger partial charge in [-0.1, -0.05) is 23.7 Å². The minimum Gasteiger partial charge on any atom is -0.487 e. The van der Waals surface area contributed by atoms with Crippen LogP contribution in [0.4, 0.5) is 5.69 Å². The monoisotopic (exact) mass is 812 g/mol. The molecule has 3 aromatic carbocycles. The van der Waals surface area contributed by atoms with E-state index in [9.17, 15) is 14.9 Å². The summed E-state index contributed by atoms with van der Waals surface area (Å²) in [7, 11) is 0. The molecule has 0 unspecified atom stereocenters. The van der Waals surface area contributed by atoms with Crippen molar-refractivity contribution in [3.8, 4) is 5.75 Å². The fraction of sp³-hybridized carbons (Fsp3) is 0.0435. The lowest BCUT2D eigenvalue weighted by Crippen LogP contribution is -2.06. The summed E-state index contributed by atoms with van der Waals surface area (Å²) in [4.78, 5) is 27.0. The summed E-state index contributed by atoms with van der Waals surface area (Å²) >= 11 is 12.8. The number of aliphatic imine (C=N–C) groups is 1. The fourth-order valence-electron chi connectivity index (χ4n) is 3.01. The van der Waals surface area contributed by atoms with E-state index in [1.54, 1.807) is 6.08 Å². The van der Waals surface area contributed by atoms with Crippen LogP contribution in [-0.4, -0.2) is 16.8 Å². The van der Waals surface area contributed by atoms with Crippen LogP contribution in [0.3, 0.4) is 0 Å². The zero-order valence-corrected chi connectivity index (χ0v) is 24.2. The van der Waals surface area contributed by atoms with Gasteiger partial charge in [0.25, 0.3) is 5.69 Å². The Bertz CT molecular complexity index is 1350. The van der Waals surface area contributed by atoms with E-state index in [0.29, 0.717) is 12.2 Å². The maximum Gasteiger partial charge on any atom is 0.363 e. The molecule has 1 aliphatic heterocycles. The molecular weight excluding hydrogens is 800 g/mol. The maximum atomic E-state index is 12.4. The Labute approximate surface area is 240 Å². The number of rotatable bonds is 6. The predicted octanol–water partition coefficient (Wildman–Crippen LogP) is 6.99. The van der Waals surface area contributed by atoms with Gasteiger partial charge in [0, 0.05) is 15.7 Å². The summed E-state index contributed by atoms with van der Waals surface area (Å²) in [6.45, 7) is 0.444. The lowest BCUT2D eigenvalue weighted by Gasteiger charge is -2.11. The number of halogens is 4. The number of hydrogen-bond donors (Lipinski definition) is 0. The summed E-state index contributed by atoms with van der Waals surface area (Å²) in [5, 5.41) is 11.0. The number of nitrogens with zero attached hydrogens (tertiary/aromatic N) is 2. The average Bonchev–Trinajstić information content (AvgIpc) is 3.14. The van der Waals surface area contributed by atoms with Crippen molar-refractivity contribution < 1.29 is 19.2 Å². The van der Waals surface area contributed by atoms with Crippen LogP contribution in [0.1, 0.15) is 16.7 Å². The topological polar surface area (TPSA) is 91.0 Å². The highest BCUT2D eigenvalue weighted by Crippen LogP contribution is 2.32. The molecule has 7 nitrogen and oxygen atoms in total. The summed E-state index contributed by atoms with van der Waals surface area (Å²) in [6.07, 6.45) is 1.61. The number of nitro groups is 1. The number of carbonyl (C=O) groups excluding carboxylic acids is 1. The molecule has 0 aliphatic carbocycles. The van der Waals surface area contributed by atoms with Crippen molar-refractivity contribution in [2.75, 3.05) is 0 Å². The quantitative estimate of drug-likeness (QED) is 0.0882. The maximum absolute atomic E-state index is 12.4. The predicted molar refractivity (Wildman–Crippen MR) is 154 cm³/mol. The third-order valence-electron chi connectivity index (χ3n) is 4.63. The smallest absolute Gasteiger partial charge is 0.363 e. The lowest BCUT2D eigenvalue weighted by atomic mass is 10.2. The van der Waals surface area contributed by atoms with Crippen molar-refractivity contribution in [1.82, 2.24) is 0 Å². The molecule has 4 rings (SSSR count). The number of nitro benzene ring substituents is 1. The van der Waals surface area contributed by atoms with Gasteiger partial charge in [0.2, 0.25) is 5.90 Å². The molecular formula is C23H12ClI3N2O5. The van der Waals surface area contributed by atoms with Crippen LogP contribution < -0.4 is 4.74 Å². The molecule has 0 radical (unpaired) electrons. The minimum atomic E-state index is -0.631. The van der Waals surface area contributed by atoms with E-state index in [-0.39, 0.29) is 22.3 Å². The number of cyclic esters (lactones) is 1. The Morgan fingerprint density at radius 2 is 1.74 bits per heavy atom. The molecule has 0 N–H and O–H groups in total. The van der Waals surface area contributed by atoms with Gasteiger partial charge < -0.3 is 9.47 Å². The highest BCUT2D eigenvalue weighted by molar-refractivity contribution is 14.1. The molecule has 1 aliphatic rings. The highest BCUT2D eigenvalue weighted by atomic mass is 127. The van der Waals surface area contributed by atoms with E-state index in [1.807, 2.05) is 36.4 Å². The minimum absolute atomic E-state index is 0.00184. The SMILES string of the molecule is O=C1OC(c2ccc([N+](=O)[O-])cc2Cl)=N/C1=C\c1cc(I)c(OCc2ccc(I)cc2)c(I)c1. The second-order valence-electron chi connectivity index (χ2n) is 6.99. The lowest BCUT2D eigenvalue weighted by molar-refractivity contribution is -0.384. The van der Waals surface area contributed by atoms with Crippen molar-refractivity contribution >= 4 is 103 Å². The van der Waals surface area contributed by atoms with E-state index < -0.39 is 10.9 Å². The van der Waals surface area contributed by atoms with Gasteiger partial charge in [-0.3, -0.25) is 10.1 Å². The van der Waals surface area contributed by atoms with E-state index in [0.717, 1.165) is 27.6 Å². The van der Waals surface area contributed by atoms with Crippen molar-refractivity contribution in [2.24, 2.45) is 4.99 Å². The molecule has 0 atom stereocenters. The Morgan fingerprint density at radius 3 is 2.35 bits per heavy atom. The van der Waals surface area contributed by atoms with Crippen molar-refractivity contribution in [3.05, 3.63) is 103 Å². The molecule has 172 valence electrons. The Balaban J connectivity index is 1.56. The van der Waals surface area contributed by atoms with E-state index in [1.165, 1.54) is 18.2 Å². The number of carbonyl (C=O) groups is 1. The first-order valence-corrected chi connectivity index (χ1v) is 13.2. The van der Waals surface area contributed by atoms with Crippen LogP contribution in [0, 0.1) is 20.8 Å². The zero-order valence-electron chi connectivity index (χ0n) is 16.9. The Kier molecular flexibility index (Phi) is 8.09. The second kappa shape index (κ2) is 10.9. The molecule has 0 amide bonds. The van der Waals surface area contributed by atoms with Gasteiger partial charge in [0.1, 0.15) is 12.4 Å². The first kappa shape index (κ1) is 25.3. The third-order valence-corrected chi connectivity index (χ3v) is 7.27. The summed E-state index contributed by atoms with van der Waals surface area (Å²) in [5.74, 6) is 0.129. The van der Waals surface area contributed by atoms with Crippen LogP contribution in [-0.2, 0) is 16.1 Å². The van der Waals surface area contributed by atoms with E-state index in [4.69, 9.17) is 21.1 Å². The first-order chi connectivity index (χ1) is 16.2. The average molecular weight is 813 g/mol. The first-order valence-electron chi connectivity index (χ1n) is 9.54. The number of hydrogen-bond acceptors (Lipinski definition) is 6. The molecule has 3 aromatic rings. The van der Waals surface area contributed by atoms with Crippen LogP contribution in [0.15, 0.2) is 65.3 Å². The molecule has 0 fully saturated rings. The second-order valence-corrected chi connectivity index (χ2v) is 11.0. The van der Waals surface area contributed by atoms with Gasteiger partial charge in [0.05, 0.1) is 22.6 Å². The van der Waals surface area contributed by atoms with Crippen LogP contribution in [0.5, 0.6) is 5.75 Å². The molecule has 0 spiro atoms. The Morgan fingerprint density at radius 1 is 1.06 bits per heavy atom. The number of non-ortho nitro benzene ring substituents is 1. The van der Waals surface area contributed by atoms with E-state index in [2.05, 4.69) is 72.8 Å². The van der Waals surface area contributed by atoms with Crippen molar-refractivity contribution in [1.29, 1.82) is 0 Å². The van der Waals surface area contributed by atoms with Crippen molar-refractivity contribution in [2.45, 2.75) is 6.61 Å². The molecule has 0 saturated heterocycles. The zero-order chi connectivity index (χ0) is 24.4. The summed E-state index contributed by atoms with van der Waals surface area (Å²) < 4.78 is 14.2. The van der Waals surface area contributed by atoms with Crippen LogP contribution >= 0.6 is 79.4 Å². The summed E-state index contributed by atoms with van der Waals surface area (Å²) in [5.41, 5.74) is 2.06. The van der Waals surface area contributed by atoms with Gasteiger partial charge in [-0.15, -0.1) is 0 Å². The largest absolute Gasteiger partial charge is 0.487 e.